The number of anilines is 1. The lowest BCUT2D eigenvalue weighted by Crippen LogP contribution is -2.34. The fourth-order valence-electron chi connectivity index (χ4n) is 3.37. The van der Waals surface area contributed by atoms with E-state index in [9.17, 15) is 19.5 Å². The molecule has 0 fully saturated rings. The topological polar surface area (TPSA) is 123 Å². The molecule has 0 aliphatic rings. The lowest BCUT2D eigenvalue weighted by atomic mass is 10.0. The molecular formula is C25H26N2O7. The maximum Gasteiger partial charge on any atom is 0.337 e. The number of carbonyl (C=O) groups is 3. The third-order valence-electron chi connectivity index (χ3n) is 4.90. The van der Waals surface area contributed by atoms with Crippen LogP contribution in [0.15, 0.2) is 48.5 Å². The van der Waals surface area contributed by atoms with Crippen molar-refractivity contribution >= 4 is 34.2 Å². The molecule has 2 amide bonds. The van der Waals surface area contributed by atoms with Gasteiger partial charge in [-0.3, -0.25) is 9.59 Å². The van der Waals surface area contributed by atoms with E-state index in [0.717, 1.165) is 10.8 Å². The number of benzene rings is 3. The Morgan fingerprint density at radius 3 is 2.09 bits per heavy atom. The second kappa shape index (κ2) is 10.6. The van der Waals surface area contributed by atoms with Crippen molar-refractivity contribution < 1.29 is 33.7 Å². The van der Waals surface area contributed by atoms with Crippen molar-refractivity contribution in [1.82, 2.24) is 5.32 Å². The van der Waals surface area contributed by atoms with Crippen LogP contribution < -0.4 is 24.8 Å². The fourth-order valence-corrected chi connectivity index (χ4v) is 3.37. The molecule has 0 saturated heterocycles. The molecule has 0 aromatic heterocycles. The van der Waals surface area contributed by atoms with Crippen LogP contribution in [0, 0.1) is 0 Å². The van der Waals surface area contributed by atoms with Crippen LogP contribution in [0.25, 0.3) is 10.8 Å². The summed E-state index contributed by atoms with van der Waals surface area (Å²) in [5.41, 5.74) is -0.0143. The first kappa shape index (κ1) is 24.4. The summed E-state index contributed by atoms with van der Waals surface area (Å²) >= 11 is 0. The highest BCUT2D eigenvalue weighted by Gasteiger charge is 2.21. The van der Waals surface area contributed by atoms with E-state index < -0.39 is 11.9 Å². The Morgan fingerprint density at radius 1 is 0.882 bits per heavy atom. The highest BCUT2D eigenvalue weighted by Crippen LogP contribution is 2.34. The summed E-state index contributed by atoms with van der Waals surface area (Å²) in [7, 11) is 2.79. The molecule has 3 rings (SSSR count). The van der Waals surface area contributed by atoms with Crippen LogP contribution in [0.2, 0.25) is 0 Å². The molecule has 178 valence electrons. The second-order valence-electron chi connectivity index (χ2n) is 7.72. The summed E-state index contributed by atoms with van der Waals surface area (Å²) in [4.78, 5) is 37.2. The highest BCUT2D eigenvalue weighted by atomic mass is 16.5. The zero-order valence-corrected chi connectivity index (χ0v) is 19.3. The number of amides is 2. The molecule has 0 radical (unpaired) electrons. The number of carboxylic acid groups (broad SMARTS) is 1. The number of methoxy groups -OCH3 is 2. The van der Waals surface area contributed by atoms with E-state index in [1.54, 1.807) is 12.1 Å². The minimum Gasteiger partial charge on any atom is -0.493 e. The van der Waals surface area contributed by atoms with E-state index in [1.807, 2.05) is 38.1 Å². The quantitative estimate of drug-likeness (QED) is 0.439. The Morgan fingerprint density at radius 2 is 1.50 bits per heavy atom. The number of rotatable bonds is 9. The average Bonchev–Trinajstić information content (AvgIpc) is 2.81. The number of nitrogens with one attached hydrogen (secondary N) is 2. The number of carboxylic acids is 1. The largest absolute Gasteiger partial charge is 0.493 e. The van der Waals surface area contributed by atoms with Crippen LogP contribution in [0.4, 0.5) is 5.69 Å². The lowest BCUT2D eigenvalue weighted by Gasteiger charge is -2.16. The molecule has 0 bridgehead atoms. The molecular weight excluding hydrogens is 440 g/mol. The van der Waals surface area contributed by atoms with Crippen molar-refractivity contribution in [1.29, 1.82) is 0 Å². The second-order valence-corrected chi connectivity index (χ2v) is 7.72. The van der Waals surface area contributed by atoms with E-state index >= 15 is 0 Å². The number of aromatic carboxylic acids is 1. The molecule has 0 saturated carbocycles. The van der Waals surface area contributed by atoms with Gasteiger partial charge in [-0.1, -0.05) is 24.3 Å². The zero-order chi connectivity index (χ0) is 24.8. The molecule has 34 heavy (non-hydrogen) atoms. The fraction of sp³-hybridized carbons (Fsp3) is 0.240. The summed E-state index contributed by atoms with van der Waals surface area (Å²) in [5.74, 6) is -1.54. The van der Waals surface area contributed by atoms with E-state index in [2.05, 4.69) is 10.6 Å². The van der Waals surface area contributed by atoms with Gasteiger partial charge in [0.1, 0.15) is 5.75 Å². The van der Waals surface area contributed by atoms with Crippen LogP contribution in [0.3, 0.4) is 0 Å². The van der Waals surface area contributed by atoms with Gasteiger partial charge >= 0.3 is 5.97 Å². The Kier molecular flexibility index (Phi) is 7.57. The van der Waals surface area contributed by atoms with Gasteiger partial charge in [-0.05, 0) is 36.8 Å². The van der Waals surface area contributed by atoms with Gasteiger partial charge in [0.25, 0.3) is 11.8 Å². The Labute approximate surface area is 196 Å². The molecule has 0 heterocycles. The Hall–Kier alpha value is -4.27. The number of ether oxygens (including phenoxy) is 3. The molecule has 0 unspecified atom stereocenters. The first-order valence-corrected chi connectivity index (χ1v) is 10.5. The predicted molar refractivity (Wildman–Crippen MR) is 127 cm³/mol. The van der Waals surface area contributed by atoms with Crippen LogP contribution in [0.5, 0.6) is 17.2 Å². The third kappa shape index (κ3) is 5.55. The minimum atomic E-state index is -1.25. The minimum absolute atomic E-state index is 0.0202. The van der Waals surface area contributed by atoms with Crippen LogP contribution in [0.1, 0.15) is 34.6 Å². The average molecular weight is 466 g/mol. The molecule has 9 heteroatoms. The van der Waals surface area contributed by atoms with Gasteiger partial charge in [0.2, 0.25) is 0 Å². The summed E-state index contributed by atoms with van der Waals surface area (Å²) in [6.07, 6.45) is 0. The van der Waals surface area contributed by atoms with Crippen molar-refractivity contribution in [3.05, 3.63) is 59.7 Å². The highest BCUT2D eigenvalue weighted by molar-refractivity contribution is 6.11. The van der Waals surface area contributed by atoms with E-state index in [1.165, 1.54) is 26.4 Å². The number of hydrogen-bond acceptors (Lipinski definition) is 6. The zero-order valence-electron chi connectivity index (χ0n) is 19.3. The molecule has 0 aliphatic heterocycles. The molecule has 3 N–H and O–H groups in total. The number of hydrogen-bond donors (Lipinski definition) is 3. The van der Waals surface area contributed by atoms with E-state index in [-0.39, 0.29) is 52.6 Å². The summed E-state index contributed by atoms with van der Waals surface area (Å²) < 4.78 is 16.1. The van der Waals surface area contributed by atoms with Crippen molar-refractivity contribution in [2.75, 3.05) is 26.1 Å². The predicted octanol–water partition coefficient (Wildman–Crippen LogP) is 3.71. The smallest absolute Gasteiger partial charge is 0.337 e. The maximum absolute atomic E-state index is 13.3. The normalized spacial score (nSPS) is 10.6. The monoisotopic (exact) mass is 466 g/mol. The van der Waals surface area contributed by atoms with Crippen LogP contribution in [-0.2, 0) is 4.79 Å². The van der Waals surface area contributed by atoms with Gasteiger partial charge in [0, 0.05) is 18.2 Å². The maximum atomic E-state index is 13.3. The number of carbonyl (C=O) groups excluding carboxylic acids is 2. The standard InChI is InChI=1S/C25H26N2O7/c1-14(2)26-23(28)13-34-20-10-16-8-6-5-7-15(16)9-18(20)24(29)27-19-12-22(33-4)21(32-3)11-17(19)25(30)31/h5-12,14H,13H2,1-4H3,(H,26,28)(H,27,29)(H,30,31). The molecule has 9 nitrogen and oxygen atoms in total. The van der Waals surface area contributed by atoms with Gasteiger partial charge < -0.3 is 30.0 Å². The van der Waals surface area contributed by atoms with Crippen molar-refractivity contribution in [3.63, 3.8) is 0 Å². The summed E-state index contributed by atoms with van der Waals surface area (Å²) in [5, 5.41) is 16.6. The van der Waals surface area contributed by atoms with Crippen LogP contribution >= 0.6 is 0 Å². The van der Waals surface area contributed by atoms with E-state index in [4.69, 9.17) is 14.2 Å². The van der Waals surface area contributed by atoms with Gasteiger partial charge in [-0.25, -0.2) is 4.79 Å². The lowest BCUT2D eigenvalue weighted by molar-refractivity contribution is -0.123. The first-order chi connectivity index (χ1) is 16.2. The van der Waals surface area contributed by atoms with Gasteiger partial charge in [-0.15, -0.1) is 0 Å². The van der Waals surface area contributed by atoms with Crippen molar-refractivity contribution in [2.45, 2.75) is 19.9 Å². The SMILES string of the molecule is COc1cc(NC(=O)c2cc3ccccc3cc2OCC(=O)NC(C)C)c(C(=O)O)cc1OC. The third-order valence-corrected chi connectivity index (χ3v) is 4.90. The summed E-state index contributed by atoms with van der Waals surface area (Å²) in [6.45, 7) is 3.37. The Balaban J connectivity index is 2.00. The first-order valence-electron chi connectivity index (χ1n) is 10.5. The molecule has 0 atom stereocenters. The number of fused-ring (bicyclic) bond motifs is 1. The van der Waals surface area contributed by atoms with Crippen molar-refractivity contribution in [2.24, 2.45) is 0 Å². The molecule has 0 aliphatic carbocycles. The van der Waals surface area contributed by atoms with Gasteiger partial charge in [0.05, 0.1) is 31.0 Å². The van der Waals surface area contributed by atoms with Gasteiger partial charge in [0.15, 0.2) is 18.1 Å². The molecule has 3 aromatic rings. The Bertz CT molecular complexity index is 1240. The summed E-state index contributed by atoms with van der Waals surface area (Å²) in [6, 6.07) is 13.2. The van der Waals surface area contributed by atoms with Gasteiger partial charge in [-0.2, -0.15) is 0 Å². The van der Waals surface area contributed by atoms with Crippen molar-refractivity contribution in [3.8, 4) is 17.2 Å². The molecule has 3 aromatic carbocycles. The molecule has 0 spiro atoms. The van der Waals surface area contributed by atoms with E-state index in [0.29, 0.717) is 0 Å². The van der Waals surface area contributed by atoms with Crippen LogP contribution in [-0.4, -0.2) is 49.8 Å².